The fourth-order valence-electron chi connectivity index (χ4n) is 2.40. The Labute approximate surface area is 130 Å². The van der Waals surface area contributed by atoms with Crippen LogP contribution in [0.2, 0.25) is 0 Å². The first-order chi connectivity index (χ1) is 10.9. The van der Waals surface area contributed by atoms with Crippen LogP contribution in [0.5, 0.6) is 0 Å². The van der Waals surface area contributed by atoms with Crippen LogP contribution in [0.3, 0.4) is 0 Å². The molecule has 3 rings (SSSR count). The number of esters is 1. The summed E-state index contributed by atoms with van der Waals surface area (Å²) in [7, 11) is 0. The van der Waals surface area contributed by atoms with Crippen molar-refractivity contribution >= 4 is 5.97 Å². The predicted molar refractivity (Wildman–Crippen MR) is 75.3 cm³/mol. The van der Waals surface area contributed by atoms with Crippen LogP contribution >= 0.6 is 0 Å². The molecule has 2 aromatic carbocycles. The van der Waals surface area contributed by atoms with Gasteiger partial charge in [0.05, 0.1) is 0 Å². The molecule has 0 spiro atoms. The number of halogens is 3. The number of benzene rings is 2. The standard InChI is InChI=1S/C17H13F3O3/c18-17(19,20)16(14(23-16)13-9-5-2-6-10-13)15(21)22-11-12-7-3-1-4-8-12/h1-10,14H,11H2/t14-,16+/m1/s1. The van der Waals surface area contributed by atoms with E-state index in [9.17, 15) is 18.0 Å². The van der Waals surface area contributed by atoms with Gasteiger partial charge in [-0.3, -0.25) is 0 Å². The van der Waals surface area contributed by atoms with Crippen LogP contribution in [0.25, 0.3) is 0 Å². The van der Waals surface area contributed by atoms with E-state index >= 15 is 0 Å². The zero-order valence-electron chi connectivity index (χ0n) is 11.9. The molecule has 1 fully saturated rings. The summed E-state index contributed by atoms with van der Waals surface area (Å²) in [4.78, 5) is 12.1. The van der Waals surface area contributed by atoms with Gasteiger partial charge in [-0.25, -0.2) is 4.79 Å². The van der Waals surface area contributed by atoms with Gasteiger partial charge < -0.3 is 9.47 Å². The molecule has 0 bridgehead atoms. The van der Waals surface area contributed by atoms with Gasteiger partial charge in [-0.05, 0) is 11.1 Å². The number of carbonyl (C=O) groups is 1. The molecule has 1 saturated heterocycles. The van der Waals surface area contributed by atoms with Gasteiger partial charge in [0.25, 0.3) is 5.60 Å². The first-order valence-electron chi connectivity index (χ1n) is 6.96. The summed E-state index contributed by atoms with van der Waals surface area (Å²) < 4.78 is 49.8. The molecule has 0 aliphatic carbocycles. The van der Waals surface area contributed by atoms with Crippen molar-refractivity contribution in [3.8, 4) is 0 Å². The van der Waals surface area contributed by atoms with E-state index in [0.29, 0.717) is 11.1 Å². The summed E-state index contributed by atoms with van der Waals surface area (Å²) in [6.07, 6.45) is -6.21. The Hall–Kier alpha value is -2.34. The summed E-state index contributed by atoms with van der Waals surface area (Å²) in [6, 6.07) is 16.3. The van der Waals surface area contributed by atoms with E-state index in [-0.39, 0.29) is 6.61 Å². The lowest BCUT2D eigenvalue weighted by Crippen LogP contribution is -2.42. The molecule has 0 N–H and O–H groups in total. The molecule has 0 unspecified atom stereocenters. The molecule has 23 heavy (non-hydrogen) atoms. The van der Waals surface area contributed by atoms with E-state index in [0.717, 1.165) is 0 Å². The monoisotopic (exact) mass is 322 g/mol. The van der Waals surface area contributed by atoms with E-state index in [1.807, 2.05) is 0 Å². The average molecular weight is 322 g/mol. The minimum atomic E-state index is -4.85. The highest BCUT2D eigenvalue weighted by Gasteiger charge is 2.80. The van der Waals surface area contributed by atoms with Crippen LogP contribution in [0, 0.1) is 0 Å². The molecule has 3 nitrogen and oxygen atoms in total. The number of ether oxygens (including phenoxy) is 2. The molecular formula is C17H13F3O3. The van der Waals surface area contributed by atoms with E-state index in [1.165, 1.54) is 12.1 Å². The number of hydrogen-bond donors (Lipinski definition) is 0. The number of alkyl halides is 3. The van der Waals surface area contributed by atoms with Crippen molar-refractivity contribution < 1.29 is 27.4 Å². The zero-order chi connectivity index (χ0) is 16.5. The van der Waals surface area contributed by atoms with Crippen molar-refractivity contribution in [3.63, 3.8) is 0 Å². The first-order valence-corrected chi connectivity index (χ1v) is 6.96. The molecule has 0 amide bonds. The first kappa shape index (κ1) is 15.6. The maximum atomic E-state index is 13.4. The Morgan fingerprint density at radius 2 is 1.61 bits per heavy atom. The Morgan fingerprint density at radius 1 is 1.04 bits per heavy atom. The zero-order valence-corrected chi connectivity index (χ0v) is 11.9. The lowest BCUT2D eigenvalue weighted by atomic mass is 9.99. The van der Waals surface area contributed by atoms with Crippen LogP contribution in [0.4, 0.5) is 13.2 Å². The molecule has 120 valence electrons. The second-order valence-corrected chi connectivity index (χ2v) is 5.20. The van der Waals surface area contributed by atoms with E-state index in [4.69, 9.17) is 9.47 Å². The highest BCUT2D eigenvalue weighted by molar-refractivity contribution is 5.85. The van der Waals surface area contributed by atoms with Gasteiger partial charge in [-0.1, -0.05) is 60.7 Å². The van der Waals surface area contributed by atoms with Gasteiger partial charge >= 0.3 is 12.1 Å². The van der Waals surface area contributed by atoms with Gasteiger partial charge in [0.2, 0.25) is 0 Å². The van der Waals surface area contributed by atoms with Crippen LogP contribution in [0.15, 0.2) is 60.7 Å². The highest BCUT2D eigenvalue weighted by atomic mass is 19.4. The largest absolute Gasteiger partial charge is 0.458 e. The lowest BCUT2D eigenvalue weighted by Gasteiger charge is -2.16. The van der Waals surface area contributed by atoms with Gasteiger partial charge in [-0.15, -0.1) is 0 Å². The van der Waals surface area contributed by atoms with Gasteiger partial charge in [0.15, 0.2) is 0 Å². The number of carbonyl (C=O) groups excluding carboxylic acids is 1. The number of hydrogen-bond acceptors (Lipinski definition) is 3. The smallest absolute Gasteiger partial charge is 0.431 e. The SMILES string of the molecule is O=C(OCc1ccccc1)[C@@]1(C(F)(F)F)O[C@@H]1c1ccccc1. The molecule has 2 aromatic rings. The molecule has 0 saturated carbocycles. The van der Waals surface area contributed by atoms with E-state index < -0.39 is 23.9 Å². The second kappa shape index (κ2) is 5.70. The van der Waals surface area contributed by atoms with Crippen molar-refractivity contribution in [1.29, 1.82) is 0 Å². The lowest BCUT2D eigenvalue weighted by molar-refractivity contribution is -0.205. The third-order valence-electron chi connectivity index (χ3n) is 3.66. The van der Waals surface area contributed by atoms with Crippen molar-refractivity contribution in [2.75, 3.05) is 0 Å². The molecule has 1 aliphatic heterocycles. The van der Waals surface area contributed by atoms with Crippen LogP contribution in [-0.2, 0) is 20.9 Å². The quantitative estimate of drug-likeness (QED) is 0.635. The minimum Gasteiger partial charge on any atom is -0.458 e. The third kappa shape index (κ3) is 2.82. The fourth-order valence-corrected chi connectivity index (χ4v) is 2.40. The summed E-state index contributed by atoms with van der Waals surface area (Å²) in [5, 5.41) is 0. The Balaban J connectivity index is 1.77. The van der Waals surface area contributed by atoms with Gasteiger partial charge in [0, 0.05) is 0 Å². The molecule has 6 heteroatoms. The van der Waals surface area contributed by atoms with Crippen LogP contribution < -0.4 is 0 Å². The summed E-state index contributed by atoms with van der Waals surface area (Å²) >= 11 is 0. The molecule has 1 heterocycles. The molecule has 1 aliphatic rings. The molecule has 2 atom stereocenters. The number of rotatable bonds is 4. The van der Waals surface area contributed by atoms with Crippen LogP contribution in [0.1, 0.15) is 17.2 Å². The van der Waals surface area contributed by atoms with Crippen molar-refractivity contribution in [1.82, 2.24) is 0 Å². The Morgan fingerprint density at radius 3 is 2.17 bits per heavy atom. The van der Waals surface area contributed by atoms with Gasteiger partial charge in [-0.2, -0.15) is 13.2 Å². The average Bonchev–Trinajstić information content (AvgIpc) is 3.31. The Bertz CT molecular complexity index is 685. The van der Waals surface area contributed by atoms with Crippen LogP contribution in [-0.4, -0.2) is 17.7 Å². The molecule has 0 radical (unpaired) electrons. The second-order valence-electron chi connectivity index (χ2n) is 5.20. The van der Waals surface area contributed by atoms with Gasteiger partial charge in [0.1, 0.15) is 12.7 Å². The normalized spacial score (nSPS) is 23.3. The highest BCUT2D eigenvalue weighted by Crippen LogP contribution is 2.59. The van der Waals surface area contributed by atoms with Crippen molar-refractivity contribution in [2.24, 2.45) is 0 Å². The predicted octanol–water partition coefficient (Wildman–Crippen LogP) is 3.80. The summed E-state index contributed by atoms with van der Waals surface area (Å²) in [6.45, 7) is -0.234. The topological polar surface area (TPSA) is 38.8 Å². The summed E-state index contributed by atoms with van der Waals surface area (Å²) in [5.74, 6) is -1.41. The van der Waals surface area contributed by atoms with Crippen molar-refractivity contribution in [3.05, 3.63) is 71.8 Å². The Kier molecular flexibility index (Phi) is 3.85. The molecule has 0 aromatic heterocycles. The maximum Gasteiger partial charge on any atom is 0.431 e. The summed E-state index contributed by atoms with van der Waals surface area (Å²) in [5.41, 5.74) is -2.01. The van der Waals surface area contributed by atoms with E-state index in [1.54, 1.807) is 48.5 Å². The fraction of sp³-hybridized carbons (Fsp3) is 0.235. The maximum absolute atomic E-state index is 13.4. The third-order valence-corrected chi connectivity index (χ3v) is 3.66. The minimum absolute atomic E-state index is 0.234. The van der Waals surface area contributed by atoms with Crippen molar-refractivity contribution in [2.45, 2.75) is 24.5 Å². The van der Waals surface area contributed by atoms with E-state index in [2.05, 4.69) is 0 Å². The number of epoxide rings is 1. The molecular weight excluding hydrogens is 309 g/mol.